The first-order valence-corrected chi connectivity index (χ1v) is 11.1. The van der Waals surface area contributed by atoms with Gasteiger partial charge in [-0.15, -0.1) is 0 Å². The lowest BCUT2D eigenvalue weighted by molar-refractivity contribution is -0.133. The molecule has 1 unspecified atom stereocenters. The van der Waals surface area contributed by atoms with Crippen LogP contribution in [0.3, 0.4) is 0 Å². The summed E-state index contributed by atoms with van der Waals surface area (Å²) in [5.74, 6) is -1.11. The number of urea groups is 1. The summed E-state index contributed by atoms with van der Waals surface area (Å²) in [6.45, 7) is 6.22. The molecule has 9 heteroatoms. The molecule has 2 aromatic carbocycles. The second kappa shape index (κ2) is 9.52. The Kier molecular flexibility index (Phi) is 6.98. The van der Waals surface area contributed by atoms with E-state index in [1.807, 2.05) is 19.9 Å². The van der Waals surface area contributed by atoms with Crippen LogP contribution in [0.15, 0.2) is 53.0 Å². The molecule has 1 aliphatic rings. The number of amides is 5. The van der Waals surface area contributed by atoms with Crippen LogP contribution in [0.5, 0.6) is 0 Å². The SMILES string of the molecule is CCN(CC)C(=O)c1ccc(NC(=O)CN2C(=O)NC(C)(c3ccccc3Br)C2=O)cc1. The van der Waals surface area contributed by atoms with Gasteiger partial charge in [0.25, 0.3) is 11.8 Å². The highest BCUT2D eigenvalue weighted by Crippen LogP contribution is 2.33. The molecule has 168 valence electrons. The molecule has 32 heavy (non-hydrogen) atoms. The van der Waals surface area contributed by atoms with Crippen LogP contribution in [0.1, 0.15) is 36.7 Å². The van der Waals surface area contributed by atoms with Gasteiger partial charge < -0.3 is 15.5 Å². The Morgan fingerprint density at radius 2 is 1.69 bits per heavy atom. The summed E-state index contributed by atoms with van der Waals surface area (Å²) >= 11 is 3.41. The molecule has 1 atom stereocenters. The first-order valence-electron chi connectivity index (χ1n) is 10.3. The van der Waals surface area contributed by atoms with Crippen LogP contribution in [0.4, 0.5) is 10.5 Å². The number of anilines is 1. The third-order valence-corrected chi connectivity index (χ3v) is 6.15. The zero-order valence-corrected chi connectivity index (χ0v) is 19.7. The number of hydrogen-bond donors (Lipinski definition) is 2. The van der Waals surface area contributed by atoms with Crippen LogP contribution in [0, 0.1) is 0 Å². The predicted octanol–water partition coefficient (Wildman–Crippen LogP) is 3.34. The van der Waals surface area contributed by atoms with Crippen molar-refractivity contribution in [3.63, 3.8) is 0 Å². The molecule has 0 bridgehead atoms. The van der Waals surface area contributed by atoms with Gasteiger partial charge in [-0.3, -0.25) is 19.3 Å². The highest BCUT2D eigenvalue weighted by molar-refractivity contribution is 9.10. The molecule has 1 aliphatic heterocycles. The Labute approximate surface area is 195 Å². The van der Waals surface area contributed by atoms with E-state index in [9.17, 15) is 19.2 Å². The zero-order valence-electron chi connectivity index (χ0n) is 18.1. The van der Waals surface area contributed by atoms with E-state index in [0.29, 0.717) is 34.4 Å². The van der Waals surface area contributed by atoms with E-state index in [1.54, 1.807) is 54.3 Å². The van der Waals surface area contributed by atoms with Crippen molar-refractivity contribution >= 4 is 45.4 Å². The summed E-state index contributed by atoms with van der Waals surface area (Å²) in [7, 11) is 0. The van der Waals surface area contributed by atoms with Crippen molar-refractivity contribution < 1.29 is 19.2 Å². The smallest absolute Gasteiger partial charge is 0.325 e. The highest BCUT2D eigenvalue weighted by atomic mass is 79.9. The Morgan fingerprint density at radius 3 is 2.28 bits per heavy atom. The molecule has 2 N–H and O–H groups in total. The van der Waals surface area contributed by atoms with Gasteiger partial charge in [-0.1, -0.05) is 34.1 Å². The fraction of sp³-hybridized carbons (Fsp3) is 0.304. The van der Waals surface area contributed by atoms with Gasteiger partial charge in [0.15, 0.2) is 0 Å². The number of carbonyl (C=O) groups is 4. The maximum Gasteiger partial charge on any atom is 0.325 e. The molecule has 1 heterocycles. The van der Waals surface area contributed by atoms with E-state index in [4.69, 9.17) is 0 Å². The van der Waals surface area contributed by atoms with E-state index in [2.05, 4.69) is 26.6 Å². The molecule has 0 saturated carbocycles. The lowest BCUT2D eigenvalue weighted by atomic mass is 9.92. The van der Waals surface area contributed by atoms with Crippen molar-refractivity contribution in [2.45, 2.75) is 26.3 Å². The molecule has 1 saturated heterocycles. The van der Waals surface area contributed by atoms with Gasteiger partial charge in [-0.2, -0.15) is 0 Å². The van der Waals surface area contributed by atoms with E-state index in [0.717, 1.165) is 4.90 Å². The molecule has 5 amide bonds. The lowest BCUT2D eigenvalue weighted by Crippen LogP contribution is -2.42. The number of halogens is 1. The molecule has 1 fully saturated rings. The van der Waals surface area contributed by atoms with Crippen LogP contribution in [0.25, 0.3) is 0 Å². The molecule has 2 aromatic rings. The van der Waals surface area contributed by atoms with Crippen LogP contribution >= 0.6 is 15.9 Å². The van der Waals surface area contributed by atoms with Crippen LogP contribution in [-0.2, 0) is 15.1 Å². The fourth-order valence-corrected chi connectivity index (χ4v) is 4.30. The van der Waals surface area contributed by atoms with Gasteiger partial charge in [0, 0.05) is 34.4 Å². The van der Waals surface area contributed by atoms with Gasteiger partial charge in [0.05, 0.1) is 0 Å². The van der Waals surface area contributed by atoms with Crippen LogP contribution < -0.4 is 10.6 Å². The number of rotatable bonds is 7. The largest absolute Gasteiger partial charge is 0.339 e. The molecule has 0 radical (unpaired) electrons. The highest BCUT2D eigenvalue weighted by Gasteiger charge is 2.50. The summed E-state index contributed by atoms with van der Waals surface area (Å²) in [6, 6.07) is 13.0. The summed E-state index contributed by atoms with van der Waals surface area (Å²) in [5, 5.41) is 5.35. The Bertz CT molecular complexity index is 1050. The summed E-state index contributed by atoms with van der Waals surface area (Å²) in [5.41, 5.74) is 0.315. The minimum Gasteiger partial charge on any atom is -0.339 e. The molecule has 3 rings (SSSR count). The topological polar surface area (TPSA) is 98.8 Å². The number of nitrogens with one attached hydrogen (secondary N) is 2. The van der Waals surface area contributed by atoms with E-state index in [-0.39, 0.29) is 5.91 Å². The maximum atomic E-state index is 13.0. The van der Waals surface area contributed by atoms with Crippen molar-refractivity contribution in [1.29, 1.82) is 0 Å². The average Bonchev–Trinajstić information content (AvgIpc) is 2.99. The number of hydrogen-bond acceptors (Lipinski definition) is 4. The quantitative estimate of drug-likeness (QED) is 0.569. The van der Waals surface area contributed by atoms with Crippen molar-refractivity contribution in [3.05, 3.63) is 64.1 Å². The Balaban J connectivity index is 1.67. The van der Waals surface area contributed by atoms with Gasteiger partial charge in [-0.05, 0) is 51.1 Å². The van der Waals surface area contributed by atoms with E-state index < -0.39 is 29.9 Å². The van der Waals surface area contributed by atoms with Crippen LogP contribution in [-0.4, -0.2) is 53.2 Å². The monoisotopic (exact) mass is 500 g/mol. The molecule has 8 nitrogen and oxygen atoms in total. The minimum absolute atomic E-state index is 0.0847. The summed E-state index contributed by atoms with van der Waals surface area (Å²) in [4.78, 5) is 53.0. The Morgan fingerprint density at radius 1 is 1.06 bits per heavy atom. The molecular weight excluding hydrogens is 476 g/mol. The maximum absolute atomic E-state index is 13.0. The summed E-state index contributed by atoms with van der Waals surface area (Å²) < 4.78 is 0.682. The van der Waals surface area contributed by atoms with Gasteiger partial charge in [0.1, 0.15) is 12.1 Å². The predicted molar refractivity (Wildman–Crippen MR) is 124 cm³/mol. The van der Waals surface area contributed by atoms with Gasteiger partial charge in [0.2, 0.25) is 5.91 Å². The standard InChI is InChI=1S/C23H25BrN4O4/c1-4-27(5-2)20(30)15-10-12-16(13-11-15)25-19(29)14-28-21(31)23(3,26-22(28)32)17-8-6-7-9-18(17)24/h6-13H,4-5,14H2,1-3H3,(H,25,29)(H,26,32). The summed E-state index contributed by atoms with van der Waals surface area (Å²) in [6.07, 6.45) is 0. The van der Waals surface area contributed by atoms with E-state index >= 15 is 0 Å². The normalized spacial score (nSPS) is 17.8. The Hall–Kier alpha value is -3.20. The van der Waals surface area contributed by atoms with Crippen LogP contribution in [0.2, 0.25) is 0 Å². The average molecular weight is 501 g/mol. The number of imide groups is 1. The van der Waals surface area contributed by atoms with Crippen molar-refractivity contribution in [3.8, 4) is 0 Å². The second-order valence-electron chi connectivity index (χ2n) is 7.53. The number of benzene rings is 2. The molecule has 0 aromatic heterocycles. The molecule has 0 spiro atoms. The molecular formula is C23H25BrN4O4. The van der Waals surface area contributed by atoms with Crippen molar-refractivity contribution in [1.82, 2.24) is 15.1 Å². The first kappa shape index (κ1) is 23.5. The van der Waals surface area contributed by atoms with Crippen molar-refractivity contribution in [2.24, 2.45) is 0 Å². The first-order chi connectivity index (χ1) is 15.2. The third kappa shape index (κ3) is 4.52. The van der Waals surface area contributed by atoms with Crippen molar-refractivity contribution in [2.75, 3.05) is 25.0 Å². The minimum atomic E-state index is -1.27. The van der Waals surface area contributed by atoms with Gasteiger partial charge in [-0.25, -0.2) is 4.79 Å². The lowest BCUT2D eigenvalue weighted by Gasteiger charge is -2.23. The fourth-order valence-electron chi connectivity index (χ4n) is 3.62. The second-order valence-corrected chi connectivity index (χ2v) is 8.38. The van der Waals surface area contributed by atoms with E-state index in [1.165, 1.54) is 0 Å². The van der Waals surface area contributed by atoms with Gasteiger partial charge >= 0.3 is 6.03 Å². The molecule has 0 aliphatic carbocycles. The third-order valence-electron chi connectivity index (χ3n) is 5.46. The number of carbonyl (C=O) groups excluding carboxylic acids is 4. The number of nitrogens with zero attached hydrogens (tertiary/aromatic N) is 2. The zero-order chi connectivity index (χ0) is 23.5.